The highest BCUT2D eigenvalue weighted by Gasteiger charge is 2.11. The standard InChI is InChI=1S/C14H14N6O2/c1-10(12-3-2-6-22-12)18-14(21)19-11-4-5-13(16-7-11)20-9-15-8-17-20/h2-10H,1H3,(H2,18,19,21). The first kappa shape index (κ1) is 13.8. The molecule has 8 nitrogen and oxygen atoms in total. The van der Waals surface area contributed by atoms with Crippen LogP contribution in [0.3, 0.4) is 0 Å². The van der Waals surface area contributed by atoms with Crippen LogP contribution in [0.5, 0.6) is 0 Å². The smallest absolute Gasteiger partial charge is 0.319 e. The second-order valence-corrected chi connectivity index (χ2v) is 4.58. The summed E-state index contributed by atoms with van der Waals surface area (Å²) < 4.78 is 6.76. The molecule has 0 aromatic carbocycles. The van der Waals surface area contributed by atoms with Gasteiger partial charge in [-0.3, -0.25) is 0 Å². The van der Waals surface area contributed by atoms with Crippen molar-refractivity contribution in [2.75, 3.05) is 5.32 Å². The van der Waals surface area contributed by atoms with Crippen LogP contribution in [-0.4, -0.2) is 25.8 Å². The molecule has 1 unspecified atom stereocenters. The topological polar surface area (TPSA) is 97.9 Å². The maximum absolute atomic E-state index is 11.9. The van der Waals surface area contributed by atoms with Crippen molar-refractivity contribution in [1.29, 1.82) is 0 Å². The number of pyridine rings is 1. The quantitative estimate of drug-likeness (QED) is 0.769. The van der Waals surface area contributed by atoms with Gasteiger partial charge in [-0.1, -0.05) is 0 Å². The molecule has 0 aliphatic heterocycles. The van der Waals surface area contributed by atoms with Crippen molar-refractivity contribution in [2.45, 2.75) is 13.0 Å². The third-order valence-electron chi connectivity index (χ3n) is 2.98. The van der Waals surface area contributed by atoms with E-state index in [0.717, 1.165) is 0 Å². The largest absolute Gasteiger partial charge is 0.467 e. The van der Waals surface area contributed by atoms with E-state index in [9.17, 15) is 4.79 Å². The van der Waals surface area contributed by atoms with Crippen molar-refractivity contribution < 1.29 is 9.21 Å². The Morgan fingerprint density at radius 1 is 1.36 bits per heavy atom. The minimum Gasteiger partial charge on any atom is -0.467 e. The minimum atomic E-state index is -0.334. The molecule has 3 aromatic rings. The van der Waals surface area contributed by atoms with E-state index in [1.165, 1.54) is 11.0 Å². The van der Waals surface area contributed by atoms with E-state index in [1.807, 2.05) is 6.92 Å². The molecule has 2 amide bonds. The Kier molecular flexibility index (Phi) is 3.82. The van der Waals surface area contributed by atoms with Crippen molar-refractivity contribution in [3.05, 3.63) is 55.1 Å². The Bertz CT molecular complexity index is 721. The SMILES string of the molecule is CC(NC(=O)Nc1ccc(-n2cncn2)nc1)c1ccco1. The number of carbonyl (C=O) groups excluding carboxylic acids is 1. The van der Waals surface area contributed by atoms with Crippen LogP contribution in [0.4, 0.5) is 10.5 Å². The van der Waals surface area contributed by atoms with E-state index in [2.05, 4.69) is 25.7 Å². The molecular formula is C14H14N6O2. The van der Waals surface area contributed by atoms with Gasteiger partial charge in [-0.05, 0) is 31.2 Å². The van der Waals surface area contributed by atoms with Crippen LogP contribution in [0.2, 0.25) is 0 Å². The Morgan fingerprint density at radius 2 is 2.27 bits per heavy atom. The predicted octanol–water partition coefficient (Wildman–Crippen LogP) is 2.14. The lowest BCUT2D eigenvalue weighted by Crippen LogP contribution is -2.31. The molecule has 0 saturated carbocycles. The van der Waals surface area contributed by atoms with E-state index in [-0.39, 0.29) is 12.1 Å². The first-order valence-corrected chi connectivity index (χ1v) is 6.64. The maximum atomic E-state index is 11.9. The number of nitrogens with zero attached hydrogens (tertiary/aromatic N) is 4. The first-order chi connectivity index (χ1) is 10.7. The van der Waals surface area contributed by atoms with Gasteiger partial charge in [-0.25, -0.2) is 19.4 Å². The summed E-state index contributed by atoms with van der Waals surface area (Å²) in [6.45, 7) is 1.84. The highest BCUT2D eigenvalue weighted by atomic mass is 16.3. The first-order valence-electron chi connectivity index (χ1n) is 6.64. The summed E-state index contributed by atoms with van der Waals surface area (Å²) in [6, 6.07) is 6.50. The van der Waals surface area contributed by atoms with Gasteiger partial charge in [0.05, 0.1) is 24.2 Å². The maximum Gasteiger partial charge on any atom is 0.319 e. The van der Waals surface area contributed by atoms with Crippen molar-refractivity contribution >= 4 is 11.7 Å². The fraction of sp³-hybridized carbons (Fsp3) is 0.143. The fourth-order valence-electron chi connectivity index (χ4n) is 1.89. The number of anilines is 1. The number of hydrogen-bond acceptors (Lipinski definition) is 5. The van der Waals surface area contributed by atoms with Crippen LogP contribution >= 0.6 is 0 Å². The number of rotatable bonds is 4. The average Bonchev–Trinajstić information content (AvgIpc) is 3.21. The predicted molar refractivity (Wildman–Crippen MR) is 78.4 cm³/mol. The molecule has 3 heterocycles. The highest BCUT2D eigenvalue weighted by molar-refractivity contribution is 5.89. The van der Waals surface area contributed by atoms with Crippen LogP contribution in [0.1, 0.15) is 18.7 Å². The zero-order valence-corrected chi connectivity index (χ0v) is 11.8. The molecule has 3 rings (SSSR count). The van der Waals surface area contributed by atoms with E-state index >= 15 is 0 Å². The average molecular weight is 298 g/mol. The molecule has 2 N–H and O–H groups in total. The molecule has 8 heteroatoms. The highest BCUT2D eigenvalue weighted by Crippen LogP contribution is 2.13. The van der Waals surface area contributed by atoms with Crippen LogP contribution < -0.4 is 10.6 Å². The molecule has 0 aliphatic rings. The third kappa shape index (κ3) is 3.11. The number of furan rings is 1. The van der Waals surface area contributed by atoms with Crippen molar-refractivity contribution in [2.24, 2.45) is 0 Å². The summed E-state index contributed by atoms with van der Waals surface area (Å²) in [4.78, 5) is 20.0. The number of amides is 2. The van der Waals surface area contributed by atoms with E-state index < -0.39 is 0 Å². The molecule has 0 bridgehead atoms. The van der Waals surface area contributed by atoms with E-state index in [0.29, 0.717) is 17.3 Å². The van der Waals surface area contributed by atoms with E-state index in [4.69, 9.17) is 4.42 Å². The number of aromatic nitrogens is 4. The third-order valence-corrected chi connectivity index (χ3v) is 2.98. The summed E-state index contributed by atoms with van der Waals surface area (Å²) in [5.74, 6) is 1.31. The van der Waals surface area contributed by atoms with Crippen molar-refractivity contribution in [3.63, 3.8) is 0 Å². The van der Waals surface area contributed by atoms with Crippen molar-refractivity contribution in [3.8, 4) is 5.82 Å². The lowest BCUT2D eigenvalue weighted by atomic mass is 10.2. The Balaban J connectivity index is 1.60. The number of nitrogens with one attached hydrogen (secondary N) is 2. The molecule has 1 atom stereocenters. The van der Waals surface area contributed by atoms with Crippen LogP contribution in [0, 0.1) is 0 Å². The van der Waals surface area contributed by atoms with Crippen molar-refractivity contribution in [1.82, 2.24) is 25.1 Å². The lowest BCUT2D eigenvalue weighted by Gasteiger charge is -2.12. The molecule has 22 heavy (non-hydrogen) atoms. The molecule has 0 fully saturated rings. The fourth-order valence-corrected chi connectivity index (χ4v) is 1.89. The molecule has 0 radical (unpaired) electrons. The van der Waals surface area contributed by atoms with Gasteiger partial charge in [-0.2, -0.15) is 5.10 Å². The summed E-state index contributed by atoms with van der Waals surface area (Å²) in [7, 11) is 0. The van der Waals surface area contributed by atoms with Gasteiger partial charge in [0.2, 0.25) is 0 Å². The molecule has 0 saturated heterocycles. The number of hydrogen-bond donors (Lipinski definition) is 2. The van der Waals surface area contributed by atoms with E-state index in [1.54, 1.807) is 43.1 Å². The van der Waals surface area contributed by atoms with Gasteiger partial charge >= 0.3 is 6.03 Å². The molecule has 0 spiro atoms. The second-order valence-electron chi connectivity index (χ2n) is 4.58. The Hall–Kier alpha value is -3.16. The second kappa shape index (κ2) is 6.08. The van der Waals surface area contributed by atoms with Gasteiger partial charge in [-0.15, -0.1) is 0 Å². The normalized spacial score (nSPS) is 11.9. The number of carbonyl (C=O) groups is 1. The Labute approximate surface area is 126 Å². The van der Waals surface area contributed by atoms with Gasteiger partial charge < -0.3 is 15.1 Å². The van der Waals surface area contributed by atoms with Gasteiger partial charge in [0, 0.05) is 0 Å². The van der Waals surface area contributed by atoms with Crippen LogP contribution in [0.15, 0.2) is 53.8 Å². The van der Waals surface area contributed by atoms with Gasteiger partial charge in [0.1, 0.15) is 18.4 Å². The Morgan fingerprint density at radius 3 is 2.91 bits per heavy atom. The molecule has 112 valence electrons. The summed E-state index contributed by atoms with van der Waals surface area (Å²) in [5, 5.41) is 9.46. The number of urea groups is 1. The van der Waals surface area contributed by atoms with Gasteiger partial charge in [0.15, 0.2) is 5.82 Å². The molecule has 3 aromatic heterocycles. The summed E-state index contributed by atoms with van der Waals surface area (Å²) in [6.07, 6.45) is 6.09. The molecule has 0 aliphatic carbocycles. The summed E-state index contributed by atoms with van der Waals surface area (Å²) in [5.41, 5.74) is 0.577. The zero-order valence-electron chi connectivity index (χ0n) is 11.8. The minimum absolute atomic E-state index is 0.225. The van der Waals surface area contributed by atoms with Crippen LogP contribution in [0.25, 0.3) is 5.82 Å². The molecular weight excluding hydrogens is 284 g/mol. The lowest BCUT2D eigenvalue weighted by molar-refractivity contribution is 0.247. The summed E-state index contributed by atoms with van der Waals surface area (Å²) >= 11 is 0. The van der Waals surface area contributed by atoms with Crippen LogP contribution in [-0.2, 0) is 0 Å². The monoisotopic (exact) mass is 298 g/mol. The zero-order chi connectivity index (χ0) is 15.4. The van der Waals surface area contributed by atoms with Gasteiger partial charge in [0.25, 0.3) is 0 Å².